The van der Waals surface area contributed by atoms with Crippen LogP contribution in [0.1, 0.15) is 36.7 Å². The van der Waals surface area contributed by atoms with Gasteiger partial charge in [-0.05, 0) is 45.6 Å². The van der Waals surface area contributed by atoms with Crippen molar-refractivity contribution < 1.29 is 9.53 Å². The van der Waals surface area contributed by atoms with Gasteiger partial charge in [0.25, 0.3) is 0 Å². The first kappa shape index (κ1) is 22.7. The van der Waals surface area contributed by atoms with Crippen LogP contribution in [0.4, 0.5) is 0 Å². The van der Waals surface area contributed by atoms with Gasteiger partial charge in [-0.3, -0.25) is 14.5 Å². The molecule has 26 heavy (non-hydrogen) atoms. The number of likely N-dealkylation sites (tertiary alicyclic amines) is 1. The Morgan fingerprint density at radius 3 is 2.73 bits per heavy atom. The Labute approximate surface area is 173 Å². The van der Waals surface area contributed by atoms with Crippen molar-refractivity contribution in [2.24, 2.45) is 18.0 Å². The number of ether oxygens (including phenoxy) is 1. The third kappa shape index (κ3) is 5.59. The number of nitrogens with zero attached hydrogens (tertiary/aromatic N) is 4. The maximum Gasteiger partial charge on any atom is 0.310 e. The molecule has 0 radical (unpaired) electrons. The highest BCUT2D eigenvalue weighted by Crippen LogP contribution is 2.18. The van der Waals surface area contributed by atoms with E-state index in [0.29, 0.717) is 13.2 Å². The zero-order chi connectivity index (χ0) is 18.4. The molecular formula is C18H32IN5O2. The van der Waals surface area contributed by atoms with Crippen LogP contribution in [-0.2, 0) is 23.0 Å². The molecule has 1 unspecified atom stereocenters. The molecule has 0 saturated carbocycles. The molecule has 148 valence electrons. The topological polar surface area (TPSA) is 71.8 Å². The first-order chi connectivity index (χ1) is 12.0. The van der Waals surface area contributed by atoms with Crippen molar-refractivity contribution in [3.63, 3.8) is 0 Å². The highest BCUT2D eigenvalue weighted by molar-refractivity contribution is 14.0. The number of hydrogen-bond acceptors (Lipinski definition) is 4. The number of piperidine rings is 1. The summed E-state index contributed by atoms with van der Waals surface area (Å²) in [4.78, 5) is 18.6. The second kappa shape index (κ2) is 10.7. The number of carbonyl (C=O) groups excluding carboxylic acids is 1. The van der Waals surface area contributed by atoms with Crippen molar-refractivity contribution in [3.8, 4) is 0 Å². The molecule has 1 aromatic heterocycles. The minimum absolute atomic E-state index is 0. The number of guanidine groups is 1. The summed E-state index contributed by atoms with van der Waals surface area (Å²) in [5.74, 6) is 0.701. The molecule has 1 aliphatic heterocycles. The molecule has 2 rings (SSSR count). The van der Waals surface area contributed by atoms with Crippen LogP contribution in [0.15, 0.2) is 4.99 Å². The lowest BCUT2D eigenvalue weighted by atomic mass is 9.98. The Balaban J connectivity index is 0.00000338. The second-order valence-electron chi connectivity index (χ2n) is 6.53. The fourth-order valence-corrected chi connectivity index (χ4v) is 3.43. The Bertz CT molecular complexity index is 629. The van der Waals surface area contributed by atoms with Gasteiger partial charge in [-0.2, -0.15) is 5.10 Å². The molecule has 0 aliphatic carbocycles. The second-order valence-corrected chi connectivity index (χ2v) is 6.53. The lowest BCUT2D eigenvalue weighted by Crippen LogP contribution is -2.48. The van der Waals surface area contributed by atoms with Crippen molar-refractivity contribution in [1.82, 2.24) is 20.0 Å². The van der Waals surface area contributed by atoms with Crippen molar-refractivity contribution in [1.29, 1.82) is 0 Å². The van der Waals surface area contributed by atoms with Crippen molar-refractivity contribution in [3.05, 3.63) is 17.0 Å². The first-order valence-electron chi connectivity index (χ1n) is 9.09. The molecule has 0 aromatic carbocycles. The van der Waals surface area contributed by atoms with Crippen LogP contribution in [0.2, 0.25) is 0 Å². The van der Waals surface area contributed by atoms with Crippen molar-refractivity contribution >= 4 is 35.9 Å². The monoisotopic (exact) mass is 477 g/mol. The van der Waals surface area contributed by atoms with Gasteiger partial charge in [-0.15, -0.1) is 24.0 Å². The lowest BCUT2D eigenvalue weighted by molar-refractivity contribution is -0.149. The molecule has 0 spiro atoms. The van der Waals surface area contributed by atoms with Crippen LogP contribution >= 0.6 is 24.0 Å². The van der Waals surface area contributed by atoms with E-state index in [1.165, 1.54) is 11.3 Å². The van der Waals surface area contributed by atoms with Crippen LogP contribution in [0, 0.1) is 19.8 Å². The predicted octanol–water partition coefficient (Wildman–Crippen LogP) is 2.05. The number of halogens is 1. The van der Waals surface area contributed by atoms with Crippen LogP contribution in [0.5, 0.6) is 0 Å². The van der Waals surface area contributed by atoms with Crippen LogP contribution in [-0.4, -0.2) is 59.9 Å². The van der Waals surface area contributed by atoms with E-state index in [0.717, 1.165) is 44.0 Å². The van der Waals surface area contributed by atoms with Gasteiger partial charge in [0, 0.05) is 39.4 Å². The summed E-state index contributed by atoms with van der Waals surface area (Å²) in [6.07, 6.45) is 2.77. The molecule has 1 fully saturated rings. The van der Waals surface area contributed by atoms with Crippen molar-refractivity contribution in [2.45, 2.75) is 40.0 Å². The summed E-state index contributed by atoms with van der Waals surface area (Å²) in [6, 6.07) is 0. The zero-order valence-electron chi connectivity index (χ0n) is 16.5. The SMILES string of the molecule is CCOC(=O)C1CCCN(C(=NC)NCCc2c(C)nn(C)c2C)C1.I. The van der Waals surface area contributed by atoms with E-state index < -0.39 is 0 Å². The van der Waals surface area contributed by atoms with E-state index in [2.05, 4.69) is 27.2 Å². The summed E-state index contributed by atoms with van der Waals surface area (Å²) in [5.41, 5.74) is 3.57. The third-order valence-electron chi connectivity index (χ3n) is 4.87. The summed E-state index contributed by atoms with van der Waals surface area (Å²) in [6.45, 7) is 8.81. The number of aryl methyl sites for hydroxylation is 2. The van der Waals surface area contributed by atoms with Gasteiger partial charge < -0.3 is 15.0 Å². The molecule has 1 N–H and O–H groups in total. The molecule has 8 heteroatoms. The van der Waals surface area contributed by atoms with Crippen LogP contribution < -0.4 is 5.32 Å². The van der Waals surface area contributed by atoms with Crippen LogP contribution in [0.3, 0.4) is 0 Å². The lowest BCUT2D eigenvalue weighted by Gasteiger charge is -2.34. The quantitative estimate of drug-likeness (QED) is 0.304. The molecule has 1 aliphatic rings. The van der Waals surface area contributed by atoms with Gasteiger partial charge in [0.2, 0.25) is 0 Å². The van der Waals surface area contributed by atoms with Gasteiger partial charge in [0.1, 0.15) is 0 Å². The number of esters is 1. The fourth-order valence-electron chi connectivity index (χ4n) is 3.43. The van der Waals surface area contributed by atoms with Gasteiger partial charge in [-0.1, -0.05) is 0 Å². The maximum atomic E-state index is 12.0. The number of nitrogens with one attached hydrogen (secondary N) is 1. The van der Waals surface area contributed by atoms with E-state index in [4.69, 9.17) is 4.74 Å². The minimum atomic E-state index is -0.0933. The molecule has 1 aromatic rings. The van der Waals surface area contributed by atoms with Crippen molar-refractivity contribution in [2.75, 3.05) is 33.3 Å². The normalized spacial score (nSPS) is 17.7. The summed E-state index contributed by atoms with van der Waals surface area (Å²) in [5, 5.41) is 7.89. The zero-order valence-corrected chi connectivity index (χ0v) is 18.9. The van der Waals surface area contributed by atoms with Gasteiger partial charge >= 0.3 is 5.97 Å². The highest BCUT2D eigenvalue weighted by atomic mass is 127. The summed E-state index contributed by atoms with van der Waals surface area (Å²) < 4.78 is 7.10. The average molecular weight is 477 g/mol. The van der Waals surface area contributed by atoms with Gasteiger partial charge in [-0.25, -0.2) is 0 Å². The fraction of sp³-hybridized carbons (Fsp3) is 0.722. The van der Waals surface area contributed by atoms with E-state index in [9.17, 15) is 4.79 Å². The Morgan fingerprint density at radius 2 is 2.15 bits per heavy atom. The highest BCUT2D eigenvalue weighted by Gasteiger charge is 2.28. The number of rotatable bonds is 5. The Morgan fingerprint density at radius 1 is 1.42 bits per heavy atom. The van der Waals surface area contributed by atoms with E-state index in [1.54, 1.807) is 7.05 Å². The Kier molecular flexibility index (Phi) is 9.38. The number of aliphatic imine (C=N–C) groups is 1. The summed E-state index contributed by atoms with van der Waals surface area (Å²) >= 11 is 0. The van der Waals surface area contributed by atoms with E-state index >= 15 is 0 Å². The molecule has 7 nitrogen and oxygen atoms in total. The van der Waals surface area contributed by atoms with Crippen LogP contribution in [0.25, 0.3) is 0 Å². The molecule has 1 saturated heterocycles. The molecule has 0 bridgehead atoms. The predicted molar refractivity (Wildman–Crippen MR) is 114 cm³/mol. The number of hydrogen-bond donors (Lipinski definition) is 1. The smallest absolute Gasteiger partial charge is 0.310 e. The standard InChI is InChI=1S/C18H31N5O2.HI/c1-6-25-17(24)15-8-7-11-23(12-15)18(19-4)20-10-9-16-13(2)21-22(5)14(16)3;/h15H,6-12H2,1-5H3,(H,19,20);1H. The molecular weight excluding hydrogens is 445 g/mol. The van der Waals surface area contributed by atoms with Gasteiger partial charge in [0.15, 0.2) is 5.96 Å². The minimum Gasteiger partial charge on any atom is -0.466 e. The average Bonchev–Trinajstić information content (AvgIpc) is 2.85. The van der Waals surface area contributed by atoms with E-state index in [1.807, 2.05) is 25.6 Å². The number of carbonyl (C=O) groups is 1. The molecule has 1 atom stereocenters. The van der Waals surface area contributed by atoms with E-state index in [-0.39, 0.29) is 35.9 Å². The van der Waals surface area contributed by atoms with Gasteiger partial charge in [0.05, 0.1) is 18.2 Å². The largest absolute Gasteiger partial charge is 0.466 e. The summed E-state index contributed by atoms with van der Waals surface area (Å²) in [7, 11) is 3.76. The molecule has 2 heterocycles. The third-order valence-corrected chi connectivity index (χ3v) is 4.87. The molecule has 0 amide bonds. The number of aromatic nitrogens is 2. The maximum absolute atomic E-state index is 12.0. The first-order valence-corrected chi connectivity index (χ1v) is 9.09. The Hall–Kier alpha value is -1.32.